The second-order valence-corrected chi connectivity index (χ2v) is 6.09. The molecule has 0 spiro atoms. The molecule has 9 heteroatoms. The molecule has 0 aliphatic carbocycles. The van der Waals surface area contributed by atoms with E-state index in [9.17, 15) is 5.26 Å². The Morgan fingerprint density at radius 1 is 1.35 bits per heavy atom. The average molecular weight is 327 g/mol. The van der Waals surface area contributed by atoms with Gasteiger partial charge in [0, 0.05) is 25.5 Å². The molecule has 116 valence electrons. The third-order valence-corrected chi connectivity index (χ3v) is 4.90. The van der Waals surface area contributed by atoms with Gasteiger partial charge in [0.25, 0.3) is 0 Å². The second-order valence-electron chi connectivity index (χ2n) is 5.09. The Labute approximate surface area is 135 Å². The average Bonchev–Trinajstić information content (AvgIpc) is 2.98. The highest BCUT2D eigenvalue weighted by Gasteiger charge is 2.21. The SMILES string of the molecule is CNc1nc2sc3c(N4CCOCC4)nnnc3c2cc1C#N. The molecule has 3 aromatic heterocycles. The van der Waals surface area contributed by atoms with Gasteiger partial charge in [-0.3, -0.25) is 0 Å². The van der Waals surface area contributed by atoms with E-state index in [1.165, 1.54) is 11.3 Å². The van der Waals surface area contributed by atoms with Gasteiger partial charge >= 0.3 is 0 Å². The van der Waals surface area contributed by atoms with Crippen LogP contribution in [0.3, 0.4) is 0 Å². The number of pyridine rings is 1. The number of nitrogens with one attached hydrogen (secondary N) is 1. The molecular weight excluding hydrogens is 314 g/mol. The van der Waals surface area contributed by atoms with Crippen LogP contribution in [0.5, 0.6) is 0 Å². The molecule has 0 amide bonds. The molecule has 0 aromatic carbocycles. The van der Waals surface area contributed by atoms with Gasteiger partial charge in [0.2, 0.25) is 0 Å². The normalized spacial score (nSPS) is 15.0. The predicted molar refractivity (Wildman–Crippen MR) is 87.8 cm³/mol. The summed E-state index contributed by atoms with van der Waals surface area (Å²) in [6.07, 6.45) is 0. The minimum atomic E-state index is 0.492. The fourth-order valence-electron chi connectivity index (χ4n) is 2.67. The molecule has 4 heterocycles. The van der Waals surface area contributed by atoms with Crippen molar-refractivity contribution in [2.75, 3.05) is 43.6 Å². The zero-order valence-corrected chi connectivity index (χ0v) is 13.2. The highest BCUT2D eigenvalue weighted by atomic mass is 32.1. The molecule has 0 saturated carbocycles. The predicted octanol–water partition coefficient (Wildman–Crippen LogP) is 1.38. The van der Waals surface area contributed by atoms with Crippen molar-refractivity contribution < 1.29 is 4.74 Å². The summed E-state index contributed by atoms with van der Waals surface area (Å²) >= 11 is 1.52. The number of fused-ring (bicyclic) bond motifs is 3. The summed E-state index contributed by atoms with van der Waals surface area (Å²) in [7, 11) is 1.75. The molecule has 0 radical (unpaired) electrons. The fraction of sp³-hybridized carbons (Fsp3) is 0.357. The Morgan fingerprint density at radius 2 is 2.17 bits per heavy atom. The molecule has 1 aliphatic heterocycles. The van der Waals surface area contributed by atoms with Gasteiger partial charge in [-0.05, 0) is 11.3 Å². The minimum absolute atomic E-state index is 0.492. The van der Waals surface area contributed by atoms with Gasteiger partial charge in [-0.25, -0.2) is 4.98 Å². The van der Waals surface area contributed by atoms with E-state index in [1.807, 2.05) is 6.07 Å². The van der Waals surface area contributed by atoms with Crippen molar-refractivity contribution in [1.82, 2.24) is 20.4 Å². The van der Waals surface area contributed by atoms with E-state index in [1.54, 1.807) is 7.05 Å². The first-order valence-corrected chi connectivity index (χ1v) is 8.00. The Bertz CT molecular complexity index is 926. The van der Waals surface area contributed by atoms with E-state index in [2.05, 4.69) is 36.7 Å². The van der Waals surface area contributed by atoms with Crippen molar-refractivity contribution in [2.24, 2.45) is 0 Å². The van der Waals surface area contributed by atoms with Crippen molar-refractivity contribution in [3.8, 4) is 6.07 Å². The van der Waals surface area contributed by atoms with Crippen molar-refractivity contribution in [1.29, 1.82) is 5.26 Å². The van der Waals surface area contributed by atoms with Crippen LogP contribution in [-0.2, 0) is 4.74 Å². The summed E-state index contributed by atoms with van der Waals surface area (Å²) in [5, 5.41) is 25.4. The first kappa shape index (κ1) is 14.0. The molecule has 0 atom stereocenters. The summed E-state index contributed by atoms with van der Waals surface area (Å²) in [6.45, 7) is 2.91. The summed E-state index contributed by atoms with van der Waals surface area (Å²) in [6, 6.07) is 3.97. The summed E-state index contributed by atoms with van der Waals surface area (Å²) < 4.78 is 6.34. The molecule has 8 nitrogen and oxygen atoms in total. The lowest BCUT2D eigenvalue weighted by Gasteiger charge is -2.27. The monoisotopic (exact) mass is 327 g/mol. The molecular formula is C14H13N7OS. The number of rotatable bonds is 2. The maximum Gasteiger partial charge on any atom is 0.172 e. The number of hydrogen-bond acceptors (Lipinski definition) is 9. The summed E-state index contributed by atoms with van der Waals surface area (Å²) in [5.74, 6) is 1.38. The van der Waals surface area contributed by atoms with Crippen molar-refractivity contribution in [3.05, 3.63) is 11.6 Å². The lowest BCUT2D eigenvalue weighted by Crippen LogP contribution is -2.37. The minimum Gasteiger partial charge on any atom is -0.378 e. The highest BCUT2D eigenvalue weighted by molar-refractivity contribution is 7.25. The lowest BCUT2D eigenvalue weighted by molar-refractivity contribution is 0.122. The third kappa shape index (κ3) is 2.23. The molecule has 1 fully saturated rings. The van der Waals surface area contributed by atoms with Crippen molar-refractivity contribution in [3.63, 3.8) is 0 Å². The van der Waals surface area contributed by atoms with Crippen LogP contribution < -0.4 is 10.2 Å². The van der Waals surface area contributed by atoms with Crippen LogP contribution in [0.15, 0.2) is 6.07 Å². The van der Waals surface area contributed by atoms with Gasteiger partial charge in [0.05, 0.1) is 18.8 Å². The molecule has 0 unspecified atom stereocenters. The maximum atomic E-state index is 9.28. The fourth-order valence-corrected chi connectivity index (χ4v) is 3.78. The molecule has 4 rings (SSSR count). The molecule has 1 N–H and O–H groups in total. The topological polar surface area (TPSA) is 99.8 Å². The molecule has 0 bridgehead atoms. The van der Waals surface area contributed by atoms with E-state index in [4.69, 9.17) is 4.74 Å². The van der Waals surface area contributed by atoms with E-state index in [-0.39, 0.29) is 0 Å². The zero-order chi connectivity index (χ0) is 15.8. The number of hydrogen-bond donors (Lipinski definition) is 1. The van der Waals surface area contributed by atoms with Gasteiger partial charge in [-0.1, -0.05) is 0 Å². The van der Waals surface area contributed by atoms with Crippen LogP contribution >= 0.6 is 11.3 Å². The van der Waals surface area contributed by atoms with Crippen LogP contribution in [0, 0.1) is 11.3 Å². The van der Waals surface area contributed by atoms with Crippen LogP contribution in [0.2, 0.25) is 0 Å². The summed E-state index contributed by atoms with van der Waals surface area (Å²) in [4.78, 5) is 7.51. The van der Waals surface area contributed by atoms with E-state index in [0.29, 0.717) is 24.6 Å². The second kappa shape index (κ2) is 5.57. The Kier molecular flexibility index (Phi) is 3.40. The number of ether oxygens (including phenoxy) is 1. The lowest BCUT2D eigenvalue weighted by atomic mass is 10.2. The van der Waals surface area contributed by atoms with E-state index in [0.717, 1.165) is 39.3 Å². The maximum absolute atomic E-state index is 9.28. The largest absolute Gasteiger partial charge is 0.378 e. The highest BCUT2D eigenvalue weighted by Crippen LogP contribution is 2.37. The van der Waals surface area contributed by atoms with Crippen molar-refractivity contribution in [2.45, 2.75) is 0 Å². The number of morpholine rings is 1. The van der Waals surface area contributed by atoms with Gasteiger partial charge in [-0.15, -0.1) is 21.5 Å². The molecule has 23 heavy (non-hydrogen) atoms. The van der Waals surface area contributed by atoms with Gasteiger partial charge in [0.15, 0.2) is 5.82 Å². The third-order valence-electron chi connectivity index (χ3n) is 3.81. The molecule has 3 aromatic rings. The number of thiophene rings is 1. The first-order chi connectivity index (χ1) is 11.3. The Morgan fingerprint density at radius 3 is 2.91 bits per heavy atom. The smallest absolute Gasteiger partial charge is 0.172 e. The zero-order valence-electron chi connectivity index (χ0n) is 12.4. The molecule has 1 aliphatic rings. The van der Waals surface area contributed by atoms with Gasteiger partial charge in [0.1, 0.15) is 26.9 Å². The standard InChI is InChI=1S/C14H13N7OS/c1-16-12-8(7-15)6-9-10-11(23-14(9)17-12)13(19-20-18-10)21-2-4-22-5-3-21/h6H,2-5H2,1H3,(H,16,17). The number of nitrogens with zero attached hydrogens (tertiary/aromatic N) is 6. The number of nitriles is 1. The van der Waals surface area contributed by atoms with Crippen LogP contribution in [-0.4, -0.2) is 53.7 Å². The van der Waals surface area contributed by atoms with E-state index >= 15 is 0 Å². The number of anilines is 2. The first-order valence-electron chi connectivity index (χ1n) is 7.19. The van der Waals surface area contributed by atoms with Crippen molar-refractivity contribution >= 4 is 43.4 Å². The number of aromatic nitrogens is 4. The van der Waals surface area contributed by atoms with Crippen LogP contribution in [0.4, 0.5) is 11.6 Å². The quantitative estimate of drug-likeness (QED) is 0.753. The Balaban J connectivity index is 1.96. The Hall–Kier alpha value is -2.57. The van der Waals surface area contributed by atoms with Gasteiger partial charge < -0.3 is 15.0 Å². The van der Waals surface area contributed by atoms with Gasteiger partial charge in [-0.2, -0.15) is 5.26 Å². The van der Waals surface area contributed by atoms with E-state index < -0.39 is 0 Å². The summed E-state index contributed by atoms with van der Waals surface area (Å²) in [5.41, 5.74) is 1.24. The van der Waals surface area contributed by atoms with Crippen LogP contribution in [0.1, 0.15) is 5.56 Å². The van der Waals surface area contributed by atoms with Crippen LogP contribution in [0.25, 0.3) is 20.4 Å². The molecule has 1 saturated heterocycles.